The minimum absolute atomic E-state index is 0.0874. The van der Waals surface area contributed by atoms with Crippen LogP contribution >= 0.6 is 0 Å². The van der Waals surface area contributed by atoms with Gasteiger partial charge in [0.2, 0.25) is 0 Å². The molecule has 7 nitrogen and oxygen atoms in total. The third-order valence-electron chi connectivity index (χ3n) is 6.11. The number of ketones is 1. The number of hydrogen-bond acceptors (Lipinski definition) is 6. The lowest BCUT2D eigenvalue weighted by Crippen LogP contribution is -2.29. The Morgan fingerprint density at radius 2 is 1.61 bits per heavy atom. The van der Waals surface area contributed by atoms with E-state index in [0.717, 1.165) is 0 Å². The summed E-state index contributed by atoms with van der Waals surface area (Å²) in [5.41, 5.74) is 3.94. The molecule has 0 spiro atoms. The number of carbonyl (C=O) groups excluding carboxylic acids is 1. The number of hydrogen-bond donors (Lipinski definition) is 4. The minimum Gasteiger partial charge on any atom is -0.478 e. The highest BCUT2D eigenvalue weighted by Crippen LogP contribution is 2.41. The fourth-order valence-corrected chi connectivity index (χ4v) is 4.35. The molecular formula is C28H20BNO6. The summed E-state index contributed by atoms with van der Waals surface area (Å²) in [7, 11) is -1.60. The first kappa shape index (κ1) is 23.2. The van der Waals surface area contributed by atoms with Gasteiger partial charge in [0.1, 0.15) is 11.3 Å². The number of fused-ring (bicyclic) bond motifs is 2. The molecule has 0 atom stereocenters. The summed E-state index contributed by atoms with van der Waals surface area (Å²) in [5, 5.41) is 37.2. The van der Waals surface area contributed by atoms with E-state index in [-0.39, 0.29) is 23.1 Å². The van der Waals surface area contributed by atoms with E-state index in [1.54, 1.807) is 66.7 Å². The van der Waals surface area contributed by atoms with Crippen LogP contribution in [0.2, 0.25) is 0 Å². The molecule has 3 aromatic carbocycles. The van der Waals surface area contributed by atoms with Crippen LogP contribution < -0.4 is 10.8 Å². The summed E-state index contributed by atoms with van der Waals surface area (Å²) in [6.45, 7) is 0. The molecule has 0 amide bonds. The van der Waals surface area contributed by atoms with Crippen LogP contribution in [0.25, 0.3) is 33.4 Å². The Kier molecular flexibility index (Phi) is 5.97. The van der Waals surface area contributed by atoms with Crippen LogP contribution in [0.15, 0.2) is 89.3 Å². The van der Waals surface area contributed by atoms with Gasteiger partial charge in [0.05, 0.1) is 10.9 Å². The maximum absolute atomic E-state index is 12.9. The highest BCUT2D eigenvalue weighted by molar-refractivity contribution is 6.58. The highest BCUT2D eigenvalue weighted by Gasteiger charge is 2.21. The number of carboxylic acids is 1. The Balaban J connectivity index is 1.63. The number of benzene rings is 4. The van der Waals surface area contributed by atoms with Gasteiger partial charge in [-0.3, -0.25) is 4.79 Å². The Morgan fingerprint density at radius 3 is 2.33 bits per heavy atom. The number of Topliss-reactive ketones (excluding diaryl/α,β-unsaturated/α-hetero) is 1. The van der Waals surface area contributed by atoms with Gasteiger partial charge < -0.3 is 25.0 Å². The van der Waals surface area contributed by atoms with Crippen LogP contribution in [-0.2, 0) is 6.42 Å². The maximum Gasteiger partial charge on any atom is 0.488 e. The summed E-state index contributed by atoms with van der Waals surface area (Å²) in [5.74, 6) is -0.766. The molecule has 3 aromatic rings. The molecule has 4 N–H and O–H groups in total. The van der Waals surface area contributed by atoms with Gasteiger partial charge in [0.25, 0.3) is 0 Å². The molecule has 0 bridgehead atoms. The first-order valence-electron chi connectivity index (χ1n) is 11.2. The van der Waals surface area contributed by atoms with Crippen molar-refractivity contribution in [1.82, 2.24) is 0 Å². The molecule has 1 heterocycles. The third-order valence-corrected chi connectivity index (χ3v) is 6.11. The lowest BCUT2D eigenvalue weighted by molar-refractivity contribution is 0.0697. The average molecular weight is 477 g/mol. The van der Waals surface area contributed by atoms with Gasteiger partial charge in [-0.1, -0.05) is 54.6 Å². The van der Waals surface area contributed by atoms with Crippen molar-refractivity contribution in [3.8, 4) is 22.5 Å². The predicted molar refractivity (Wildman–Crippen MR) is 135 cm³/mol. The predicted octanol–water partition coefficient (Wildman–Crippen LogP) is 3.49. The third kappa shape index (κ3) is 4.31. The van der Waals surface area contributed by atoms with E-state index in [4.69, 9.17) is 9.83 Å². The van der Waals surface area contributed by atoms with Crippen molar-refractivity contribution in [3.05, 3.63) is 107 Å². The maximum atomic E-state index is 12.9. The standard InChI is InChI=1S/C28H20BNO6/c30-19-10-12-23-26(15-19)36-25-14-16(13-24(31)17-6-8-18(9-7-17)29(34)35)5-11-22(25)27(23)20-3-1-2-4-21(20)28(32)33/h1-12,14-15,30,34-35H,13H2,(H,32,33). The molecule has 5 rings (SSSR count). The topological polar surface area (TPSA) is 132 Å². The lowest BCUT2D eigenvalue weighted by Gasteiger charge is -2.17. The Labute approximate surface area is 205 Å². The molecule has 8 heteroatoms. The summed E-state index contributed by atoms with van der Waals surface area (Å²) in [4.78, 5) is 24.8. The molecule has 0 unspecified atom stereocenters. The Bertz CT molecular complexity index is 1660. The van der Waals surface area contributed by atoms with Crippen molar-refractivity contribution in [3.63, 3.8) is 0 Å². The SMILES string of the molecule is N=c1ccc2c(-c3ccccc3C(=O)O)c3ccc(CC(=O)c4ccc(B(O)O)cc4)cc3oc-2c1. The molecule has 1 aliphatic carbocycles. The fraction of sp³-hybridized carbons (Fsp3) is 0.0357. The molecule has 0 saturated carbocycles. The molecule has 0 saturated heterocycles. The van der Waals surface area contributed by atoms with Gasteiger partial charge in [0, 0.05) is 34.6 Å². The summed E-state index contributed by atoms with van der Waals surface area (Å²) in [6.07, 6.45) is 0.0874. The molecule has 1 aliphatic heterocycles. The Morgan fingerprint density at radius 1 is 0.861 bits per heavy atom. The normalized spacial score (nSPS) is 11.1. The van der Waals surface area contributed by atoms with Crippen LogP contribution in [0.3, 0.4) is 0 Å². The smallest absolute Gasteiger partial charge is 0.478 e. The van der Waals surface area contributed by atoms with E-state index in [1.165, 1.54) is 12.1 Å². The van der Waals surface area contributed by atoms with Crippen LogP contribution in [0.4, 0.5) is 0 Å². The molecule has 0 fully saturated rings. The molecule has 176 valence electrons. The zero-order valence-electron chi connectivity index (χ0n) is 18.9. The minimum atomic E-state index is -1.60. The van der Waals surface area contributed by atoms with E-state index < -0.39 is 13.1 Å². The lowest BCUT2D eigenvalue weighted by atomic mass is 9.80. The molecule has 0 aromatic heterocycles. The average Bonchev–Trinajstić information content (AvgIpc) is 2.87. The van der Waals surface area contributed by atoms with Crippen molar-refractivity contribution in [2.75, 3.05) is 0 Å². The number of rotatable bonds is 6. The second-order valence-electron chi connectivity index (χ2n) is 8.46. The fourth-order valence-electron chi connectivity index (χ4n) is 4.35. The van der Waals surface area contributed by atoms with Gasteiger partial charge in [-0.05, 0) is 40.9 Å². The van der Waals surface area contributed by atoms with E-state index in [9.17, 15) is 24.7 Å². The molecule has 0 radical (unpaired) electrons. The van der Waals surface area contributed by atoms with Gasteiger partial charge >= 0.3 is 13.1 Å². The zero-order valence-corrected chi connectivity index (χ0v) is 18.9. The summed E-state index contributed by atoms with van der Waals surface area (Å²) >= 11 is 0. The van der Waals surface area contributed by atoms with Crippen molar-refractivity contribution in [1.29, 1.82) is 5.41 Å². The largest absolute Gasteiger partial charge is 0.488 e. The summed E-state index contributed by atoms with van der Waals surface area (Å²) < 4.78 is 6.13. The van der Waals surface area contributed by atoms with E-state index in [0.29, 0.717) is 50.0 Å². The quantitative estimate of drug-likeness (QED) is 0.168. The zero-order chi connectivity index (χ0) is 25.4. The first-order valence-corrected chi connectivity index (χ1v) is 11.2. The van der Waals surface area contributed by atoms with Crippen LogP contribution in [0.5, 0.6) is 0 Å². The van der Waals surface area contributed by atoms with Crippen molar-refractivity contribution < 1.29 is 29.2 Å². The number of carbonyl (C=O) groups is 2. The summed E-state index contributed by atoms with van der Waals surface area (Å²) in [6, 6.07) is 23.1. The van der Waals surface area contributed by atoms with Gasteiger partial charge in [-0.25, -0.2) is 4.79 Å². The second-order valence-corrected chi connectivity index (χ2v) is 8.46. The molecule has 2 aliphatic rings. The number of nitrogens with one attached hydrogen (secondary N) is 1. The first-order chi connectivity index (χ1) is 17.3. The highest BCUT2D eigenvalue weighted by atomic mass is 16.4. The number of carboxylic acid groups (broad SMARTS) is 1. The van der Waals surface area contributed by atoms with E-state index in [2.05, 4.69) is 0 Å². The van der Waals surface area contributed by atoms with Gasteiger partial charge in [-0.2, -0.15) is 0 Å². The number of aromatic carboxylic acids is 1. The van der Waals surface area contributed by atoms with Crippen molar-refractivity contribution >= 4 is 35.3 Å². The second kappa shape index (κ2) is 9.26. The van der Waals surface area contributed by atoms with Crippen LogP contribution in [0, 0.1) is 5.41 Å². The van der Waals surface area contributed by atoms with E-state index >= 15 is 0 Å². The van der Waals surface area contributed by atoms with Crippen molar-refractivity contribution in [2.45, 2.75) is 6.42 Å². The van der Waals surface area contributed by atoms with Crippen LogP contribution in [-0.4, -0.2) is 34.0 Å². The van der Waals surface area contributed by atoms with Gasteiger partial charge in [0.15, 0.2) is 5.78 Å². The van der Waals surface area contributed by atoms with Crippen LogP contribution in [0.1, 0.15) is 26.3 Å². The monoisotopic (exact) mass is 477 g/mol. The van der Waals surface area contributed by atoms with E-state index in [1.807, 2.05) is 6.07 Å². The Hall–Kier alpha value is -4.53. The molecule has 36 heavy (non-hydrogen) atoms. The van der Waals surface area contributed by atoms with Gasteiger partial charge in [-0.15, -0.1) is 0 Å². The molecular weight excluding hydrogens is 457 g/mol. The van der Waals surface area contributed by atoms with Crippen molar-refractivity contribution in [2.24, 2.45) is 0 Å².